The standard InChI is InChI=1S/C13H12ClN3O3/c1-7-6-10(17(2)16-7)12(18)15-9-5-3-4-8(14)11(9)13(19)20/h3-6H,1-2H3,(H,15,18)(H,19,20). The molecule has 0 atom stereocenters. The molecule has 0 bridgehead atoms. The first-order chi connectivity index (χ1) is 9.40. The molecule has 1 aromatic heterocycles. The van der Waals surface area contributed by atoms with Crippen LogP contribution in [0.1, 0.15) is 26.5 Å². The summed E-state index contributed by atoms with van der Waals surface area (Å²) in [5.41, 5.74) is 1.04. The van der Waals surface area contributed by atoms with E-state index in [0.717, 1.165) is 0 Å². The molecule has 2 rings (SSSR count). The van der Waals surface area contributed by atoms with Gasteiger partial charge >= 0.3 is 5.97 Å². The molecule has 0 saturated heterocycles. The van der Waals surface area contributed by atoms with E-state index in [4.69, 9.17) is 16.7 Å². The van der Waals surface area contributed by atoms with Gasteiger partial charge in [0.15, 0.2) is 0 Å². The van der Waals surface area contributed by atoms with Crippen LogP contribution >= 0.6 is 11.6 Å². The normalized spacial score (nSPS) is 10.3. The summed E-state index contributed by atoms with van der Waals surface area (Å²) in [6.07, 6.45) is 0. The van der Waals surface area contributed by atoms with E-state index in [1.165, 1.54) is 16.8 Å². The average Bonchev–Trinajstić information content (AvgIpc) is 2.68. The molecule has 0 aliphatic carbocycles. The van der Waals surface area contributed by atoms with Crippen molar-refractivity contribution in [2.45, 2.75) is 6.92 Å². The zero-order valence-electron chi connectivity index (χ0n) is 10.8. The average molecular weight is 294 g/mol. The fourth-order valence-corrected chi connectivity index (χ4v) is 2.11. The molecule has 0 spiro atoms. The number of carbonyl (C=O) groups is 2. The highest BCUT2D eigenvalue weighted by molar-refractivity contribution is 6.34. The van der Waals surface area contributed by atoms with Crippen molar-refractivity contribution in [3.63, 3.8) is 0 Å². The van der Waals surface area contributed by atoms with E-state index in [-0.39, 0.29) is 16.3 Å². The summed E-state index contributed by atoms with van der Waals surface area (Å²) in [5.74, 6) is -1.65. The Bertz CT molecular complexity index is 694. The molecule has 0 fully saturated rings. The summed E-state index contributed by atoms with van der Waals surface area (Å²) in [6, 6.07) is 6.12. The number of carboxylic acid groups (broad SMARTS) is 1. The van der Waals surface area contributed by atoms with Crippen LogP contribution in [0.25, 0.3) is 0 Å². The first-order valence-electron chi connectivity index (χ1n) is 5.74. The maximum absolute atomic E-state index is 12.1. The smallest absolute Gasteiger partial charge is 0.339 e. The molecule has 7 heteroatoms. The van der Waals surface area contributed by atoms with E-state index in [0.29, 0.717) is 11.4 Å². The molecule has 104 valence electrons. The van der Waals surface area contributed by atoms with Crippen molar-refractivity contribution >= 4 is 29.2 Å². The number of carbonyl (C=O) groups excluding carboxylic acids is 1. The molecular weight excluding hydrogens is 282 g/mol. The van der Waals surface area contributed by atoms with Crippen LogP contribution in [0.3, 0.4) is 0 Å². The number of nitrogens with zero attached hydrogens (tertiary/aromatic N) is 2. The Balaban J connectivity index is 2.36. The Morgan fingerprint density at radius 2 is 2.10 bits per heavy atom. The molecule has 2 aromatic rings. The zero-order valence-corrected chi connectivity index (χ0v) is 11.6. The second-order valence-corrected chi connectivity index (χ2v) is 4.62. The Hall–Kier alpha value is -2.34. The van der Waals surface area contributed by atoms with Gasteiger partial charge in [-0.15, -0.1) is 0 Å². The molecule has 0 saturated carbocycles. The van der Waals surface area contributed by atoms with Crippen LogP contribution in [-0.4, -0.2) is 26.8 Å². The van der Waals surface area contributed by atoms with E-state index in [9.17, 15) is 9.59 Å². The summed E-state index contributed by atoms with van der Waals surface area (Å²) in [5, 5.41) is 15.8. The molecule has 0 radical (unpaired) electrons. The number of halogens is 1. The summed E-state index contributed by atoms with van der Waals surface area (Å²) in [4.78, 5) is 23.3. The summed E-state index contributed by atoms with van der Waals surface area (Å²) in [7, 11) is 1.64. The maximum atomic E-state index is 12.1. The second-order valence-electron chi connectivity index (χ2n) is 4.22. The molecule has 6 nitrogen and oxygen atoms in total. The van der Waals surface area contributed by atoms with E-state index in [1.54, 1.807) is 26.1 Å². The Morgan fingerprint density at radius 1 is 1.40 bits per heavy atom. The highest BCUT2D eigenvalue weighted by Gasteiger charge is 2.18. The molecule has 1 aromatic carbocycles. The molecule has 0 aliphatic heterocycles. The number of aryl methyl sites for hydroxylation is 2. The fraction of sp³-hybridized carbons (Fsp3) is 0.154. The fourth-order valence-electron chi connectivity index (χ4n) is 1.86. The van der Waals surface area contributed by atoms with Gasteiger partial charge in [-0.1, -0.05) is 17.7 Å². The number of amides is 1. The van der Waals surface area contributed by atoms with Gasteiger partial charge in [0, 0.05) is 7.05 Å². The van der Waals surface area contributed by atoms with Gasteiger partial charge in [0.2, 0.25) is 0 Å². The number of carboxylic acids is 1. The molecule has 2 N–H and O–H groups in total. The minimum absolute atomic E-state index is 0.0662. The third-order valence-corrected chi connectivity index (χ3v) is 3.03. The predicted octanol–water partition coefficient (Wildman–Crippen LogP) is 2.33. The van der Waals surface area contributed by atoms with Gasteiger partial charge in [-0.05, 0) is 25.1 Å². The highest BCUT2D eigenvalue weighted by Crippen LogP contribution is 2.24. The summed E-state index contributed by atoms with van der Waals surface area (Å²) >= 11 is 5.84. The number of hydrogen-bond acceptors (Lipinski definition) is 3. The number of benzene rings is 1. The van der Waals surface area contributed by atoms with Gasteiger partial charge in [-0.25, -0.2) is 4.79 Å². The molecular formula is C13H12ClN3O3. The first kappa shape index (κ1) is 14.1. The third-order valence-electron chi connectivity index (χ3n) is 2.71. The minimum Gasteiger partial charge on any atom is -0.478 e. The van der Waals surface area contributed by atoms with E-state index in [2.05, 4.69) is 10.4 Å². The van der Waals surface area contributed by atoms with Crippen LogP contribution < -0.4 is 5.32 Å². The van der Waals surface area contributed by atoms with Crippen LogP contribution in [0.5, 0.6) is 0 Å². The number of anilines is 1. The quantitative estimate of drug-likeness (QED) is 0.909. The highest BCUT2D eigenvalue weighted by atomic mass is 35.5. The Morgan fingerprint density at radius 3 is 2.65 bits per heavy atom. The third kappa shape index (κ3) is 2.65. The summed E-state index contributed by atoms with van der Waals surface area (Å²) < 4.78 is 1.43. The lowest BCUT2D eigenvalue weighted by atomic mass is 10.1. The van der Waals surface area contributed by atoms with Crippen LogP contribution in [0.4, 0.5) is 5.69 Å². The Labute approximate surface area is 120 Å². The monoisotopic (exact) mass is 293 g/mol. The van der Waals surface area contributed by atoms with E-state index in [1.807, 2.05) is 0 Å². The van der Waals surface area contributed by atoms with E-state index >= 15 is 0 Å². The van der Waals surface area contributed by atoms with Crippen molar-refractivity contribution < 1.29 is 14.7 Å². The number of aromatic nitrogens is 2. The van der Waals surface area contributed by atoms with Gasteiger partial charge in [0.05, 0.1) is 16.4 Å². The van der Waals surface area contributed by atoms with Gasteiger partial charge in [0.1, 0.15) is 11.3 Å². The van der Waals surface area contributed by atoms with Gasteiger partial charge in [-0.2, -0.15) is 5.10 Å². The van der Waals surface area contributed by atoms with Gasteiger partial charge in [-0.3, -0.25) is 9.48 Å². The summed E-state index contributed by atoms with van der Waals surface area (Å²) in [6.45, 7) is 1.76. The molecule has 1 amide bonds. The van der Waals surface area contributed by atoms with Gasteiger partial charge < -0.3 is 10.4 Å². The largest absolute Gasteiger partial charge is 0.478 e. The molecule has 0 unspecified atom stereocenters. The Kier molecular flexibility index (Phi) is 3.76. The van der Waals surface area contributed by atoms with Crippen LogP contribution in [-0.2, 0) is 7.05 Å². The lowest BCUT2D eigenvalue weighted by Gasteiger charge is -2.09. The van der Waals surface area contributed by atoms with Crippen molar-refractivity contribution in [3.8, 4) is 0 Å². The molecule has 1 heterocycles. The minimum atomic E-state index is -1.20. The molecule has 0 aliphatic rings. The predicted molar refractivity (Wildman–Crippen MR) is 74.3 cm³/mol. The van der Waals surface area contributed by atoms with Crippen molar-refractivity contribution in [1.29, 1.82) is 0 Å². The maximum Gasteiger partial charge on any atom is 0.339 e. The van der Waals surface area contributed by atoms with Crippen LogP contribution in [0, 0.1) is 6.92 Å². The first-order valence-corrected chi connectivity index (χ1v) is 6.11. The van der Waals surface area contributed by atoms with Crippen molar-refractivity contribution in [1.82, 2.24) is 9.78 Å². The number of nitrogens with one attached hydrogen (secondary N) is 1. The second kappa shape index (κ2) is 5.34. The molecule has 20 heavy (non-hydrogen) atoms. The lowest BCUT2D eigenvalue weighted by molar-refractivity contribution is 0.0698. The van der Waals surface area contributed by atoms with Crippen LogP contribution in [0.15, 0.2) is 24.3 Å². The SMILES string of the molecule is Cc1cc(C(=O)Nc2cccc(Cl)c2C(=O)O)n(C)n1. The van der Waals surface area contributed by atoms with Crippen molar-refractivity contribution in [2.24, 2.45) is 7.05 Å². The van der Waals surface area contributed by atoms with Crippen molar-refractivity contribution in [3.05, 3.63) is 46.2 Å². The van der Waals surface area contributed by atoms with E-state index < -0.39 is 11.9 Å². The number of aromatic carboxylic acids is 1. The van der Waals surface area contributed by atoms with Crippen LogP contribution in [0.2, 0.25) is 5.02 Å². The van der Waals surface area contributed by atoms with Gasteiger partial charge in [0.25, 0.3) is 5.91 Å². The lowest BCUT2D eigenvalue weighted by Crippen LogP contribution is -2.18. The van der Waals surface area contributed by atoms with Crippen molar-refractivity contribution in [2.75, 3.05) is 5.32 Å². The number of rotatable bonds is 3. The topological polar surface area (TPSA) is 84.2 Å². The zero-order chi connectivity index (χ0) is 14.9. The number of hydrogen-bond donors (Lipinski definition) is 2.